The summed E-state index contributed by atoms with van der Waals surface area (Å²) in [6, 6.07) is 0. The van der Waals surface area contributed by atoms with Gasteiger partial charge in [0.25, 0.3) is 5.91 Å². The standard InChI is InChI=1S/C10H14N2O3/c1-6-8(5-13)7(2)11-9(6)10(14)12(3)15-4/h5,11H,1-4H3. The van der Waals surface area contributed by atoms with E-state index in [0.29, 0.717) is 22.5 Å². The first-order chi connectivity index (χ1) is 7.02. The van der Waals surface area contributed by atoms with E-state index in [1.165, 1.54) is 14.2 Å². The summed E-state index contributed by atoms with van der Waals surface area (Å²) in [6.07, 6.45) is 0.741. The second-order valence-corrected chi connectivity index (χ2v) is 3.27. The van der Waals surface area contributed by atoms with Crippen LogP contribution in [-0.4, -0.2) is 36.4 Å². The second-order valence-electron chi connectivity index (χ2n) is 3.27. The third kappa shape index (κ3) is 1.92. The van der Waals surface area contributed by atoms with Gasteiger partial charge in [-0.3, -0.25) is 14.4 Å². The molecule has 0 saturated carbocycles. The average Bonchev–Trinajstić information content (AvgIpc) is 2.51. The van der Waals surface area contributed by atoms with Crippen molar-refractivity contribution in [1.29, 1.82) is 0 Å². The van der Waals surface area contributed by atoms with Crippen LogP contribution in [0.4, 0.5) is 0 Å². The van der Waals surface area contributed by atoms with Gasteiger partial charge in [-0.2, -0.15) is 0 Å². The quantitative estimate of drug-likeness (QED) is 0.599. The van der Waals surface area contributed by atoms with E-state index < -0.39 is 0 Å². The Labute approximate surface area is 88.0 Å². The molecular weight excluding hydrogens is 196 g/mol. The van der Waals surface area contributed by atoms with E-state index in [9.17, 15) is 9.59 Å². The van der Waals surface area contributed by atoms with E-state index in [2.05, 4.69) is 4.98 Å². The number of amides is 1. The number of hydrogen-bond donors (Lipinski definition) is 1. The van der Waals surface area contributed by atoms with Crippen LogP contribution >= 0.6 is 0 Å². The number of H-pyrrole nitrogens is 1. The Balaban J connectivity index is 3.16. The number of nitrogens with zero attached hydrogens (tertiary/aromatic N) is 1. The Morgan fingerprint density at radius 2 is 2.07 bits per heavy atom. The molecule has 0 bridgehead atoms. The smallest absolute Gasteiger partial charge is 0.293 e. The fourth-order valence-electron chi connectivity index (χ4n) is 1.40. The molecule has 0 aromatic carbocycles. The molecule has 0 aliphatic rings. The Bertz CT molecular complexity index is 396. The summed E-state index contributed by atoms with van der Waals surface area (Å²) in [6.45, 7) is 3.48. The van der Waals surface area contributed by atoms with E-state index >= 15 is 0 Å². The summed E-state index contributed by atoms with van der Waals surface area (Å²) >= 11 is 0. The number of nitrogens with one attached hydrogen (secondary N) is 1. The van der Waals surface area contributed by atoms with Gasteiger partial charge >= 0.3 is 0 Å². The van der Waals surface area contributed by atoms with Gasteiger partial charge in [0.1, 0.15) is 5.69 Å². The zero-order chi connectivity index (χ0) is 11.6. The maximum atomic E-state index is 11.7. The molecule has 5 nitrogen and oxygen atoms in total. The maximum Gasteiger partial charge on any atom is 0.293 e. The van der Waals surface area contributed by atoms with Gasteiger partial charge in [-0.15, -0.1) is 0 Å². The molecule has 5 heteroatoms. The van der Waals surface area contributed by atoms with E-state index in [0.717, 1.165) is 11.3 Å². The Kier molecular flexibility index (Phi) is 3.26. The van der Waals surface area contributed by atoms with Gasteiger partial charge in [-0.05, 0) is 19.4 Å². The summed E-state index contributed by atoms with van der Waals surface area (Å²) in [5.41, 5.74) is 2.26. The minimum atomic E-state index is -0.300. The third-order valence-corrected chi connectivity index (χ3v) is 2.39. The molecule has 1 heterocycles. The SMILES string of the molecule is CON(C)C(=O)c1[nH]c(C)c(C=O)c1C. The Morgan fingerprint density at radius 1 is 1.47 bits per heavy atom. The molecule has 1 aromatic heterocycles. The predicted octanol–water partition coefficient (Wildman–Crippen LogP) is 1.08. The fraction of sp³-hybridized carbons (Fsp3) is 0.400. The van der Waals surface area contributed by atoms with Crippen molar-refractivity contribution < 1.29 is 14.4 Å². The highest BCUT2D eigenvalue weighted by Crippen LogP contribution is 2.16. The van der Waals surface area contributed by atoms with Gasteiger partial charge in [0.15, 0.2) is 6.29 Å². The number of rotatable bonds is 3. The minimum Gasteiger partial charge on any atom is -0.354 e. The lowest BCUT2D eigenvalue weighted by molar-refractivity contribution is -0.0760. The van der Waals surface area contributed by atoms with Crippen molar-refractivity contribution in [2.24, 2.45) is 0 Å². The fourth-order valence-corrected chi connectivity index (χ4v) is 1.40. The molecule has 1 rings (SSSR count). The molecule has 1 N–H and O–H groups in total. The number of aldehydes is 1. The molecule has 15 heavy (non-hydrogen) atoms. The summed E-state index contributed by atoms with van der Waals surface area (Å²) in [5.74, 6) is -0.300. The van der Waals surface area contributed by atoms with Crippen molar-refractivity contribution in [2.45, 2.75) is 13.8 Å². The van der Waals surface area contributed by atoms with Gasteiger partial charge < -0.3 is 4.98 Å². The van der Waals surface area contributed by atoms with Gasteiger partial charge in [-0.25, -0.2) is 5.06 Å². The first-order valence-electron chi connectivity index (χ1n) is 4.49. The lowest BCUT2D eigenvalue weighted by Gasteiger charge is -2.12. The molecule has 82 valence electrons. The number of aromatic amines is 1. The van der Waals surface area contributed by atoms with Crippen LogP contribution in [-0.2, 0) is 4.84 Å². The summed E-state index contributed by atoms with van der Waals surface area (Å²) in [4.78, 5) is 30.1. The minimum absolute atomic E-state index is 0.300. The van der Waals surface area contributed by atoms with E-state index in [4.69, 9.17) is 4.84 Å². The molecule has 0 radical (unpaired) electrons. The third-order valence-electron chi connectivity index (χ3n) is 2.39. The predicted molar refractivity (Wildman–Crippen MR) is 54.8 cm³/mol. The summed E-state index contributed by atoms with van der Waals surface area (Å²) in [5, 5.41) is 1.10. The number of carbonyl (C=O) groups is 2. The van der Waals surface area contributed by atoms with Crippen molar-refractivity contribution in [1.82, 2.24) is 10.0 Å². The molecule has 0 unspecified atom stereocenters. The zero-order valence-electron chi connectivity index (χ0n) is 9.25. The van der Waals surface area contributed by atoms with Crippen LogP contribution in [0.3, 0.4) is 0 Å². The molecular formula is C10H14N2O3. The topological polar surface area (TPSA) is 62.4 Å². The van der Waals surface area contributed by atoms with E-state index in [-0.39, 0.29) is 5.91 Å². The first kappa shape index (κ1) is 11.5. The highest BCUT2D eigenvalue weighted by molar-refractivity contribution is 5.96. The number of carbonyl (C=O) groups excluding carboxylic acids is 2. The van der Waals surface area contributed by atoms with Gasteiger partial charge in [-0.1, -0.05) is 0 Å². The first-order valence-corrected chi connectivity index (χ1v) is 4.49. The summed E-state index contributed by atoms with van der Waals surface area (Å²) in [7, 11) is 2.92. The normalized spacial score (nSPS) is 10.1. The van der Waals surface area contributed by atoms with Gasteiger partial charge in [0.05, 0.1) is 7.11 Å². The van der Waals surface area contributed by atoms with Crippen molar-refractivity contribution in [3.63, 3.8) is 0 Å². The van der Waals surface area contributed by atoms with Crippen molar-refractivity contribution in [3.05, 3.63) is 22.5 Å². The number of hydrogen-bond acceptors (Lipinski definition) is 3. The molecule has 0 saturated heterocycles. The summed E-state index contributed by atoms with van der Waals surface area (Å²) < 4.78 is 0. The number of aryl methyl sites for hydroxylation is 1. The molecule has 0 aliphatic carbocycles. The molecule has 1 aromatic rings. The molecule has 0 spiro atoms. The maximum absolute atomic E-state index is 11.7. The van der Waals surface area contributed by atoms with Crippen LogP contribution in [0.1, 0.15) is 32.1 Å². The van der Waals surface area contributed by atoms with Crippen LogP contribution in [0.25, 0.3) is 0 Å². The lowest BCUT2D eigenvalue weighted by atomic mass is 10.1. The largest absolute Gasteiger partial charge is 0.354 e. The van der Waals surface area contributed by atoms with Crippen LogP contribution in [0.15, 0.2) is 0 Å². The lowest BCUT2D eigenvalue weighted by Crippen LogP contribution is -2.26. The molecule has 1 amide bonds. The average molecular weight is 210 g/mol. The Morgan fingerprint density at radius 3 is 2.47 bits per heavy atom. The number of hydroxylamine groups is 2. The van der Waals surface area contributed by atoms with E-state index in [1.54, 1.807) is 13.8 Å². The van der Waals surface area contributed by atoms with Gasteiger partial charge in [0.2, 0.25) is 0 Å². The van der Waals surface area contributed by atoms with Crippen LogP contribution in [0, 0.1) is 13.8 Å². The Hall–Kier alpha value is -1.62. The van der Waals surface area contributed by atoms with Crippen molar-refractivity contribution in [2.75, 3.05) is 14.2 Å². The van der Waals surface area contributed by atoms with Crippen LogP contribution in [0.2, 0.25) is 0 Å². The monoisotopic (exact) mass is 210 g/mol. The highest BCUT2D eigenvalue weighted by atomic mass is 16.7. The highest BCUT2D eigenvalue weighted by Gasteiger charge is 2.19. The van der Waals surface area contributed by atoms with E-state index in [1.807, 2.05) is 0 Å². The number of aromatic nitrogens is 1. The van der Waals surface area contributed by atoms with Crippen LogP contribution < -0.4 is 0 Å². The van der Waals surface area contributed by atoms with Crippen LogP contribution in [0.5, 0.6) is 0 Å². The second kappa shape index (κ2) is 4.27. The zero-order valence-corrected chi connectivity index (χ0v) is 9.25. The van der Waals surface area contributed by atoms with Crippen molar-refractivity contribution in [3.8, 4) is 0 Å². The van der Waals surface area contributed by atoms with Crippen molar-refractivity contribution >= 4 is 12.2 Å². The molecule has 0 atom stereocenters. The molecule has 0 fully saturated rings. The van der Waals surface area contributed by atoms with Gasteiger partial charge in [0, 0.05) is 18.3 Å². The molecule has 0 aliphatic heterocycles.